The zero-order valence-electron chi connectivity index (χ0n) is 10.3. The van der Waals surface area contributed by atoms with Crippen LogP contribution in [0.3, 0.4) is 0 Å². The Morgan fingerprint density at radius 3 is 2.81 bits per heavy atom. The topological polar surface area (TPSA) is 76.2 Å². The molecule has 21 heavy (non-hydrogen) atoms. The van der Waals surface area contributed by atoms with E-state index < -0.39 is 23.3 Å². The van der Waals surface area contributed by atoms with Gasteiger partial charge in [-0.1, -0.05) is 0 Å². The summed E-state index contributed by atoms with van der Waals surface area (Å²) in [5.74, 6) is -0.00160. The molecule has 0 bridgehead atoms. The van der Waals surface area contributed by atoms with E-state index in [2.05, 4.69) is 10.4 Å². The van der Waals surface area contributed by atoms with Crippen molar-refractivity contribution in [3.63, 3.8) is 0 Å². The first kappa shape index (κ1) is 13.3. The Kier molecular flexibility index (Phi) is 2.96. The van der Waals surface area contributed by atoms with Crippen LogP contribution in [0.1, 0.15) is 16.1 Å². The van der Waals surface area contributed by atoms with Gasteiger partial charge in [0.2, 0.25) is 6.79 Å². The molecule has 2 aromatic rings. The van der Waals surface area contributed by atoms with E-state index in [1.807, 2.05) is 0 Å². The lowest BCUT2D eigenvalue weighted by molar-refractivity contribution is -0.141. The molecular weight excluding hydrogens is 291 g/mol. The van der Waals surface area contributed by atoms with Crippen LogP contribution in [-0.2, 0) is 6.18 Å². The molecule has 0 fully saturated rings. The Labute approximate surface area is 115 Å². The zero-order chi connectivity index (χ0) is 15.0. The molecule has 1 amide bonds. The van der Waals surface area contributed by atoms with E-state index in [0.717, 1.165) is 6.20 Å². The SMILES string of the molecule is O=C(Nc1ccc2c(c1)OCO2)c1cn[nH]c1C(F)(F)F. The number of nitrogens with zero attached hydrogens (tertiary/aromatic N) is 1. The lowest BCUT2D eigenvalue weighted by atomic mass is 10.2. The predicted octanol–water partition coefficient (Wildman–Crippen LogP) is 2.41. The van der Waals surface area contributed by atoms with E-state index in [1.54, 1.807) is 11.2 Å². The number of carbonyl (C=O) groups is 1. The second kappa shape index (κ2) is 4.69. The minimum Gasteiger partial charge on any atom is -0.454 e. The van der Waals surface area contributed by atoms with Gasteiger partial charge in [-0.15, -0.1) is 0 Å². The van der Waals surface area contributed by atoms with Gasteiger partial charge in [0.05, 0.1) is 11.8 Å². The monoisotopic (exact) mass is 299 g/mol. The third-order valence-corrected chi connectivity index (χ3v) is 2.80. The fraction of sp³-hybridized carbons (Fsp3) is 0.167. The van der Waals surface area contributed by atoms with Gasteiger partial charge in [-0.25, -0.2) is 0 Å². The molecule has 3 rings (SSSR count). The van der Waals surface area contributed by atoms with Crippen LogP contribution in [0.4, 0.5) is 18.9 Å². The fourth-order valence-corrected chi connectivity index (χ4v) is 1.85. The molecule has 0 saturated carbocycles. The van der Waals surface area contributed by atoms with Gasteiger partial charge in [0.1, 0.15) is 0 Å². The van der Waals surface area contributed by atoms with E-state index in [9.17, 15) is 18.0 Å². The first-order valence-electron chi connectivity index (χ1n) is 5.77. The van der Waals surface area contributed by atoms with Crippen molar-refractivity contribution in [3.05, 3.63) is 35.7 Å². The number of benzene rings is 1. The van der Waals surface area contributed by atoms with E-state index in [1.165, 1.54) is 12.1 Å². The Morgan fingerprint density at radius 1 is 1.29 bits per heavy atom. The largest absolute Gasteiger partial charge is 0.454 e. The maximum Gasteiger partial charge on any atom is 0.433 e. The molecule has 0 unspecified atom stereocenters. The second-order valence-corrected chi connectivity index (χ2v) is 4.18. The smallest absolute Gasteiger partial charge is 0.433 e. The lowest BCUT2D eigenvalue weighted by Crippen LogP contribution is -2.17. The Morgan fingerprint density at radius 2 is 2.05 bits per heavy atom. The van der Waals surface area contributed by atoms with Gasteiger partial charge in [0, 0.05) is 11.8 Å². The Balaban J connectivity index is 1.83. The molecule has 0 radical (unpaired) electrons. The lowest BCUT2D eigenvalue weighted by Gasteiger charge is -2.08. The number of alkyl halides is 3. The highest BCUT2D eigenvalue weighted by Gasteiger charge is 2.37. The zero-order valence-corrected chi connectivity index (χ0v) is 10.3. The highest BCUT2D eigenvalue weighted by atomic mass is 19.4. The summed E-state index contributed by atoms with van der Waals surface area (Å²) in [6.45, 7) is 0.0622. The van der Waals surface area contributed by atoms with Crippen LogP contribution in [0.2, 0.25) is 0 Å². The highest BCUT2D eigenvalue weighted by molar-refractivity contribution is 6.05. The van der Waals surface area contributed by atoms with E-state index >= 15 is 0 Å². The first-order valence-corrected chi connectivity index (χ1v) is 5.77. The number of hydrogen-bond acceptors (Lipinski definition) is 4. The van der Waals surface area contributed by atoms with Crippen molar-refractivity contribution in [2.75, 3.05) is 12.1 Å². The normalized spacial score (nSPS) is 13.3. The Bertz CT molecular complexity index is 697. The summed E-state index contributed by atoms with van der Waals surface area (Å²) in [5.41, 5.74) is -1.49. The molecule has 0 aliphatic carbocycles. The minimum absolute atomic E-state index is 0.0622. The fourth-order valence-electron chi connectivity index (χ4n) is 1.85. The molecule has 0 saturated heterocycles. The van der Waals surface area contributed by atoms with E-state index in [0.29, 0.717) is 17.2 Å². The average molecular weight is 299 g/mol. The number of anilines is 1. The van der Waals surface area contributed by atoms with Gasteiger partial charge in [0.25, 0.3) is 5.91 Å². The standard InChI is InChI=1S/C12H8F3N3O3/c13-12(14,15)10-7(4-16-18-10)11(19)17-6-1-2-8-9(3-6)21-5-20-8/h1-4H,5H2,(H,16,18)(H,17,19). The number of halogens is 3. The van der Waals surface area contributed by atoms with Gasteiger partial charge < -0.3 is 14.8 Å². The molecule has 1 aliphatic heterocycles. The van der Waals surface area contributed by atoms with Crippen molar-refractivity contribution in [3.8, 4) is 11.5 Å². The third kappa shape index (κ3) is 2.49. The van der Waals surface area contributed by atoms with E-state index in [-0.39, 0.29) is 6.79 Å². The summed E-state index contributed by atoms with van der Waals surface area (Å²) < 4.78 is 48.2. The number of aromatic amines is 1. The number of amides is 1. The summed E-state index contributed by atoms with van der Waals surface area (Å²) >= 11 is 0. The maximum absolute atomic E-state index is 12.7. The number of H-pyrrole nitrogens is 1. The summed E-state index contributed by atoms with van der Waals surface area (Å²) in [4.78, 5) is 11.9. The van der Waals surface area contributed by atoms with Gasteiger partial charge in [-0.3, -0.25) is 9.89 Å². The van der Waals surface area contributed by atoms with Crippen molar-refractivity contribution in [2.24, 2.45) is 0 Å². The molecule has 1 aliphatic rings. The molecular formula is C12H8F3N3O3. The van der Waals surface area contributed by atoms with Crippen molar-refractivity contribution in [1.82, 2.24) is 10.2 Å². The molecule has 1 aromatic heterocycles. The second-order valence-electron chi connectivity index (χ2n) is 4.18. The van der Waals surface area contributed by atoms with Crippen molar-refractivity contribution >= 4 is 11.6 Å². The molecule has 9 heteroatoms. The van der Waals surface area contributed by atoms with Crippen LogP contribution >= 0.6 is 0 Å². The molecule has 0 spiro atoms. The summed E-state index contributed by atoms with van der Waals surface area (Å²) in [6.07, 6.45) is -3.86. The van der Waals surface area contributed by atoms with Crippen LogP contribution < -0.4 is 14.8 Å². The number of hydrogen-bond donors (Lipinski definition) is 2. The van der Waals surface area contributed by atoms with Crippen molar-refractivity contribution < 1.29 is 27.4 Å². The van der Waals surface area contributed by atoms with Gasteiger partial charge in [0.15, 0.2) is 17.2 Å². The van der Waals surface area contributed by atoms with Gasteiger partial charge in [-0.2, -0.15) is 18.3 Å². The molecule has 2 heterocycles. The van der Waals surface area contributed by atoms with Crippen molar-refractivity contribution in [1.29, 1.82) is 0 Å². The van der Waals surface area contributed by atoms with Crippen LogP contribution in [-0.4, -0.2) is 22.9 Å². The quantitative estimate of drug-likeness (QED) is 0.893. The molecule has 110 valence electrons. The highest BCUT2D eigenvalue weighted by Crippen LogP contribution is 2.35. The number of aromatic nitrogens is 2. The van der Waals surface area contributed by atoms with Gasteiger partial charge >= 0.3 is 6.18 Å². The summed E-state index contributed by atoms with van der Waals surface area (Å²) in [6, 6.07) is 4.52. The number of nitrogens with one attached hydrogen (secondary N) is 2. The Hall–Kier alpha value is -2.71. The van der Waals surface area contributed by atoms with Crippen LogP contribution in [0, 0.1) is 0 Å². The molecule has 0 atom stereocenters. The predicted molar refractivity (Wildman–Crippen MR) is 64.1 cm³/mol. The third-order valence-electron chi connectivity index (χ3n) is 2.80. The summed E-state index contributed by atoms with van der Waals surface area (Å²) in [5, 5.41) is 7.38. The number of ether oxygens (including phenoxy) is 2. The number of rotatable bonds is 2. The minimum atomic E-state index is -4.68. The van der Waals surface area contributed by atoms with Crippen LogP contribution in [0.25, 0.3) is 0 Å². The first-order chi connectivity index (χ1) is 9.95. The molecule has 1 aromatic carbocycles. The van der Waals surface area contributed by atoms with Crippen molar-refractivity contribution in [2.45, 2.75) is 6.18 Å². The number of fused-ring (bicyclic) bond motifs is 1. The van der Waals surface area contributed by atoms with Crippen LogP contribution in [0.5, 0.6) is 11.5 Å². The number of carbonyl (C=O) groups excluding carboxylic acids is 1. The average Bonchev–Trinajstić information content (AvgIpc) is 3.06. The molecule has 2 N–H and O–H groups in total. The molecule has 6 nitrogen and oxygen atoms in total. The summed E-state index contributed by atoms with van der Waals surface area (Å²) in [7, 11) is 0. The van der Waals surface area contributed by atoms with Gasteiger partial charge in [-0.05, 0) is 12.1 Å². The maximum atomic E-state index is 12.7. The van der Waals surface area contributed by atoms with E-state index in [4.69, 9.17) is 9.47 Å². The van der Waals surface area contributed by atoms with Crippen LogP contribution in [0.15, 0.2) is 24.4 Å².